The second-order valence-corrected chi connectivity index (χ2v) is 13.8. The minimum atomic E-state index is 0.811. The van der Waals surface area contributed by atoms with Crippen molar-refractivity contribution in [2.24, 2.45) is 17.8 Å². The van der Waals surface area contributed by atoms with Crippen LogP contribution in [0.3, 0.4) is 0 Å². The Labute approximate surface area is 329 Å². The summed E-state index contributed by atoms with van der Waals surface area (Å²) in [5.41, 5.74) is 15.4. The zero-order valence-corrected chi connectivity index (χ0v) is 37.0. The summed E-state index contributed by atoms with van der Waals surface area (Å²) in [6.07, 6.45) is 8.90. The highest BCUT2D eigenvalue weighted by atomic mass is 14.8. The molecule has 2 unspecified atom stereocenters. The summed E-state index contributed by atoms with van der Waals surface area (Å²) in [4.78, 5) is 0. The summed E-state index contributed by atoms with van der Waals surface area (Å²) >= 11 is 0. The molecule has 0 heterocycles. The van der Waals surface area contributed by atoms with Crippen molar-refractivity contribution in [2.45, 2.75) is 136 Å². The molecule has 292 valence electrons. The number of rotatable bonds is 13. The van der Waals surface area contributed by atoms with Crippen molar-refractivity contribution in [1.29, 1.82) is 0 Å². The molecule has 0 amide bonds. The number of benzene rings is 4. The van der Waals surface area contributed by atoms with Crippen molar-refractivity contribution in [3.05, 3.63) is 131 Å². The fraction of sp³-hybridized carbons (Fsp3) is 0.462. The first-order valence-electron chi connectivity index (χ1n) is 20.8. The van der Waals surface area contributed by atoms with Crippen LogP contribution < -0.4 is 5.32 Å². The molecular formula is C52H79N. The van der Waals surface area contributed by atoms with Crippen LogP contribution in [0.5, 0.6) is 0 Å². The molecule has 0 aliphatic rings. The lowest BCUT2D eigenvalue weighted by Crippen LogP contribution is -2.20. The van der Waals surface area contributed by atoms with E-state index in [1.807, 2.05) is 65.9 Å². The molecule has 0 spiro atoms. The molecule has 0 radical (unpaired) electrons. The van der Waals surface area contributed by atoms with E-state index in [0.717, 1.165) is 29.9 Å². The quantitative estimate of drug-likeness (QED) is 0.145. The molecule has 1 nitrogen and oxygen atoms in total. The molecule has 0 bridgehead atoms. The molecule has 2 atom stereocenters. The molecule has 0 aliphatic heterocycles. The summed E-state index contributed by atoms with van der Waals surface area (Å²) in [6.45, 7) is 39.5. The highest BCUT2D eigenvalue weighted by molar-refractivity contribution is 5.89. The Balaban J connectivity index is 0.000000863. The molecule has 0 aromatic heterocycles. The van der Waals surface area contributed by atoms with Gasteiger partial charge in [0.15, 0.2) is 0 Å². The summed E-state index contributed by atoms with van der Waals surface area (Å²) in [7, 11) is 2.01. The van der Waals surface area contributed by atoms with Gasteiger partial charge in [-0.3, -0.25) is 0 Å². The summed E-state index contributed by atoms with van der Waals surface area (Å²) < 4.78 is 0. The van der Waals surface area contributed by atoms with Gasteiger partial charge in [-0.15, -0.1) is 0 Å². The topological polar surface area (TPSA) is 12.0 Å². The van der Waals surface area contributed by atoms with Gasteiger partial charge in [-0.05, 0) is 121 Å². The average molecular weight is 718 g/mol. The van der Waals surface area contributed by atoms with E-state index in [-0.39, 0.29) is 0 Å². The third-order valence-corrected chi connectivity index (χ3v) is 10.5. The molecule has 53 heavy (non-hydrogen) atoms. The first kappa shape index (κ1) is 49.3. The van der Waals surface area contributed by atoms with E-state index in [4.69, 9.17) is 0 Å². The normalized spacial score (nSPS) is 11.2. The maximum Gasteiger partial charge on any atom is 0.0214 e. The molecule has 0 aliphatic carbocycles. The number of hydrogen-bond acceptors (Lipinski definition) is 1. The first-order valence-corrected chi connectivity index (χ1v) is 20.8. The highest BCUT2D eigenvalue weighted by Crippen LogP contribution is 2.42. The molecule has 4 rings (SSSR count). The van der Waals surface area contributed by atoms with Gasteiger partial charge in [0, 0.05) is 6.54 Å². The van der Waals surface area contributed by atoms with Gasteiger partial charge in [0.25, 0.3) is 0 Å². The predicted octanol–water partition coefficient (Wildman–Crippen LogP) is 16.3. The van der Waals surface area contributed by atoms with Crippen molar-refractivity contribution in [3.8, 4) is 22.3 Å². The molecular weight excluding hydrogens is 639 g/mol. The standard InChI is InChI=1S/C26H29N.C13H28.C9H10.2C2H6/c1-7-21-24(16-27-6)26(23-15-11-9-13-18(23)3)20(5)19(4)25(21)22-14-10-8-12-17(22)2;1-6-10-13(11(5)7-2)12(8-3)9-4;1-8(2)9-6-4-3-5-7-9;2*1-2/h7-15,27H,1,16H2,2-6H3;11-13H,6-10H2,1-5H3;3-7H,1H2,2H3;2*1-2H3. The monoisotopic (exact) mass is 718 g/mol. The zero-order valence-electron chi connectivity index (χ0n) is 37.0. The third kappa shape index (κ3) is 14.6. The molecule has 1 heteroatoms. The summed E-state index contributed by atoms with van der Waals surface area (Å²) in [5, 5.41) is 3.38. The Morgan fingerprint density at radius 2 is 1.13 bits per heavy atom. The number of aryl methyl sites for hydroxylation is 2. The first-order chi connectivity index (χ1) is 25.5. The van der Waals surface area contributed by atoms with Crippen LogP contribution in [-0.4, -0.2) is 7.05 Å². The number of hydrogen-bond donors (Lipinski definition) is 1. The van der Waals surface area contributed by atoms with Gasteiger partial charge in [0.2, 0.25) is 0 Å². The van der Waals surface area contributed by atoms with Gasteiger partial charge in [0.1, 0.15) is 0 Å². The number of nitrogens with one attached hydrogen (secondary N) is 1. The maximum absolute atomic E-state index is 4.19. The molecule has 0 saturated carbocycles. The van der Waals surface area contributed by atoms with Crippen LogP contribution in [0.1, 0.15) is 140 Å². The van der Waals surface area contributed by atoms with Crippen LogP contribution >= 0.6 is 0 Å². The SMILES string of the molecule is C=C(C)c1ccccc1.C=Cc1c(CNC)c(-c2ccccc2C)c(C)c(C)c1-c1ccccc1C.CC.CC.CCCC(C(C)CC)C(CC)CC. The van der Waals surface area contributed by atoms with Crippen LogP contribution in [0.4, 0.5) is 0 Å². The van der Waals surface area contributed by atoms with Gasteiger partial charge >= 0.3 is 0 Å². The molecule has 0 fully saturated rings. The highest BCUT2D eigenvalue weighted by Gasteiger charge is 2.23. The van der Waals surface area contributed by atoms with E-state index in [9.17, 15) is 0 Å². The minimum Gasteiger partial charge on any atom is -0.316 e. The summed E-state index contributed by atoms with van der Waals surface area (Å²) in [6, 6.07) is 27.4. The van der Waals surface area contributed by atoms with Crippen molar-refractivity contribution < 1.29 is 0 Å². The fourth-order valence-electron chi connectivity index (χ4n) is 7.33. The lowest BCUT2D eigenvalue weighted by molar-refractivity contribution is 0.206. The van der Waals surface area contributed by atoms with Crippen LogP contribution in [0.15, 0.2) is 92.0 Å². The van der Waals surface area contributed by atoms with E-state index >= 15 is 0 Å². The lowest BCUT2D eigenvalue weighted by Gasteiger charge is -2.30. The Morgan fingerprint density at radius 3 is 1.51 bits per heavy atom. The van der Waals surface area contributed by atoms with Crippen LogP contribution in [0, 0.1) is 45.4 Å². The Morgan fingerprint density at radius 1 is 0.679 bits per heavy atom. The van der Waals surface area contributed by atoms with E-state index in [0.29, 0.717) is 0 Å². The van der Waals surface area contributed by atoms with E-state index < -0.39 is 0 Å². The average Bonchev–Trinajstić information content (AvgIpc) is 3.19. The maximum atomic E-state index is 4.19. The van der Waals surface area contributed by atoms with Gasteiger partial charge in [-0.1, -0.05) is 198 Å². The van der Waals surface area contributed by atoms with E-state index in [1.165, 1.54) is 93.3 Å². The van der Waals surface area contributed by atoms with Gasteiger partial charge in [-0.25, -0.2) is 0 Å². The van der Waals surface area contributed by atoms with Crippen molar-refractivity contribution >= 4 is 11.6 Å². The predicted molar refractivity (Wildman–Crippen MR) is 245 cm³/mol. The molecule has 4 aromatic rings. The second-order valence-electron chi connectivity index (χ2n) is 13.8. The molecule has 0 saturated heterocycles. The molecule has 1 N–H and O–H groups in total. The Bertz CT molecular complexity index is 1590. The third-order valence-electron chi connectivity index (χ3n) is 10.5. The van der Waals surface area contributed by atoms with Gasteiger partial charge < -0.3 is 5.32 Å². The van der Waals surface area contributed by atoms with Crippen molar-refractivity contribution in [1.82, 2.24) is 5.32 Å². The van der Waals surface area contributed by atoms with Crippen LogP contribution in [0.2, 0.25) is 0 Å². The number of allylic oxidation sites excluding steroid dienone is 1. The minimum absolute atomic E-state index is 0.811. The largest absolute Gasteiger partial charge is 0.316 e. The van der Waals surface area contributed by atoms with Gasteiger partial charge in [-0.2, -0.15) is 0 Å². The smallest absolute Gasteiger partial charge is 0.0214 e. The van der Waals surface area contributed by atoms with Crippen LogP contribution in [0.25, 0.3) is 33.9 Å². The van der Waals surface area contributed by atoms with Crippen molar-refractivity contribution in [3.63, 3.8) is 0 Å². The van der Waals surface area contributed by atoms with Gasteiger partial charge in [0.05, 0.1) is 0 Å². The lowest BCUT2D eigenvalue weighted by atomic mass is 9.76. The molecule has 4 aromatic carbocycles. The van der Waals surface area contributed by atoms with Crippen LogP contribution in [-0.2, 0) is 6.54 Å². The Kier molecular flexibility index (Phi) is 25.9. The van der Waals surface area contributed by atoms with Crippen molar-refractivity contribution in [2.75, 3.05) is 7.05 Å². The second kappa shape index (κ2) is 27.9. The fourth-order valence-corrected chi connectivity index (χ4v) is 7.33. The Hall–Kier alpha value is -3.68. The van der Waals surface area contributed by atoms with E-state index in [1.54, 1.807) is 0 Å². The van der Waals surface area contributed by atoms with E-state index in [2.05, 4.69) is 141 Å². The zero-order chi connectivity index (χ0) is 40.5. The summed E-state index contributed by atoms with van der Waals surface area (Å²) in [5.74, 6) is 2.87.